The Morgan fingerprint density at radius 3 is 0.699 bits per heavy atom. The molecule has 0 spiro atoms. The largest absolute Gasteiger partial charge is 0.462 e. The average molecular weight is 1170 g/mol. The van der Waals surface area contributed by atoms with Crippen molar-refractivity contribution in [3.05, 3.63) is 36.5 Å². The molecule has 0 N–H and O–H groups in total. The smallest absolute Gasteiger partial charge is 0.306 e. The molecule has 0 aromatic rings. The van der Waals surface area contributed by atoms with Gasteiger partial charge in [0.25, 0.3) is 0 Å². The molecule has 83 heavy (non-hydrogen) atoms. The zero-order valence-corrected chi connectivity index (χ0v) is 56.2. The van der Waals surface area contributed by atoms with E-state index in [1.807, 2.05) is 0 Å². The molecule has 1 unspecified atom stereocenters. The van der Waals surface area contributed by atoms with Gasteiger partial charge in [-0.25, -0.2) is 0 Å². The molecule has 0 aliphatic heterocycles. The molecule has 0 aliphatic carbocycles. The number of hydrogen-bond acceptors (Lipinski definition) is 6. The second-order valence-corrected chi connectivity index (χ2v) is 25.6. The Labute approximate surface area is 518 Å². The average Bonchev–Trinajstić information content (AvgIpc) is 3.49. The quantitative estimate of drug-likeness (QED) is 0.0261. The van der Waals surface area contributed by atoms with Crippen LogP contribution in [0.3, 0.4) is 0 Å². The van der Waals surface area contributed by atoms with E-state index < -0.39 is 6.10 Å². The molecule has 0 heterocycles. The van der Waals surface area contributed by atoms with Crippen molar-refractivity contribution in [2.75, 3.05) is 13.2 Å². The highest BCUT2D eigenvalue weighted by atomic mass is 16.6. The molecule has 0 fully saturated rings. The van der Waals surface area contributed by atoms with E-state index in [-0.39, 0.29) is 31.1 Å². The Morgan fingerprint density at radius 1 is 0.241 bits per heavy atom. The molecule has 0 radical (unpaired) electrons. The Morgan fingerprint density at radius 2 is 0.434 bits per heavy atom. The van der Waals surface area contributed by atoms with Gasteiger partial charge < -0.3 is 14.2 Å². The van der Waals surface area contributed by atoms with E-state index in [1.165, 1.54) is 308 Å². The summed E-state index contributed by atoms with van der Waals surface area (Å²) in [5.41, 5.74) is 0. The molecule has 0 aliphatic rings. The first kappa shape index (κ1) is 80.6. The van der Waals surface area contributed by atoms with E-state index in [1.54, 1.807) is 0 Å². The summed E-state index contributed by atoms with van der Waals surface area (Å²) in [6, 6.07) is 0. The van der Waals surface area contributed by atoms with Gasteiger partial charge in [0.2, 0.25) is 0 Å². The standard InChI is InChI=1S/C77H144O6/c1-4-7-10-13-16-19-22-25-27-29-31-33-34-35-36-37-38-39-40-41-42-43-45-46-48-50-52-55-58-61-64-67-70-76(79)82-73-74(72-81-75(78)69-66-63-60-57-54-24-21-18-15-12-9-6-3)83-77(80)71-68-65-62-59-56-53-51-49-47-44-32-30-28-26-23-20-17-14-11-8-5-2/h18,21,23,26,30,32,74H,4-17,19-20,22,24-25,27-29,31,33-73H2,1-3H3/b21-18-,26-23-,32-30-. The maximum Gasteiger partial charge on any atom is 0.306 e. The Kier molecular flexibility index (Phi) is 70.0. The summed E-state index contributed by atoms with van der Waals surface area (Å²) in [6.07, 6.45) is 90.6. The number of carbonyl (C=O) groups is 3. The summed E-state index contributed by atoms with van der Waals surface area (Å²) in [4.78, 5) is 38.4. The number of hydrogen-bond donors (Lipinski definition) is 0. The van der Waals surface area contributed by atoms with Crippen molar-refractivity contribution in [3.8, 4) is 0 Å². The first-order chi connectivity index (χ1) is 41.0. The maximum absolute atomic E-state index is 12.9. The van der Waals surface area contributed by atoms with Crippen molar-refractivity contribution in [1.82, 2.24) is 0 Å². The summed E-state index contributed by atoms with van der Waals surface area (Å²) < 4.78 is 17.0. The van der Waals surface area contributed by atoms with Gasteiger partial charge >= 0.3 is 17.9 Å². The first-order valence-corrected chi connectivity index (χ1v) is 37.5. The van der Waals surface area contributed by atoms with E-state index in [2.05, 4.69) is 57.2 Å². The number of allylic oxidation sites excluding steroid dienone is 6. The minimum absolute atomic E-state index is 0.0719. The third-order valence-electron chi connectivity index (χ3n) is 17.1. The van der Waals surface area contributed by atoms with Gasteiger partial charge in [-0.15, -0.1) is 0 Å². The molecular formula is C77H144O6. The second-order valence-electron chi connectivity index (χ2n) is 25.6. The second kappa shape index (κ2) is 72.1. The Hall–Kier alpha value is -2.37. The molecule has 1 atom stereocenters. The predicted octanol–water partition coefficient (Wildman–Crippen LogP) is 25.9. The molecule has 0 aromatic carbocycles. The lowest BCUT2D eigenvalue weighted by molar-refractivity contribution is -0.167. The number of unbranched alkanes of at least 4 members (excludes halogenated alkanes) is 53. The van der Waals surface area contributed by atoms with Crippen molar-refractivity contribution < 1.29 is 28.6 Å². The summed E-state index contributed by atoms with van der Waals surface area (Å²) in [6.45, 7) is 6.67. The zero-order valence-electron chi connectivity index (χ0n) is 56.2. The first-order valence-electron chi connectivity index (χ1n) is 37.5. The number of ether oxygens (including phenoxy) is 3. The fourth-order valence-electron chi connectivity index (χ4n) is 11.5. The van der Waals surface area contributed by atoms with Crippen LogP contribution in [0.4, 0.5) is 0 Å². The SMILES string of the molecule is CCCCC/C=C\CCCCCCCC(=O)OCC(COC(=O)CCCCCCCCCCCCCCCCCCCCCCCCCCCCCCCCCC)OC(=O)CCCCCCCCCCC/C=C\C/C=C\CCCCCCC. The lowest BCUT2D eigenvalue weighted by Crippen LogP contribution is -2.30. The third kappa shape index (κ3) is 70.3. The monoisotopic (exact) mass is 1170 g/mol. The maximum atomic E-state index is 12.9. The Balaban J connectivity index is 4.12. The van der Waals surface area contributed by atoms with E-state index in [0.717, 1.165) is 70.6 Å². The van der Waals surface area contributed by atoms with Crippen LogP contribution in [-0.2, 0) is 28.6 Å². The van der Waals surface area contributed by atoms with E-state index in [9.17, 15) is 14.4 Å². The summed E-state index contributed by atoms with van der Waals surface area (Å²) in [5, 5.41) is 0. The van der Waals surface area contributed by atoms with Crippen LogP contribution in [0.5, 0.6) is 0 Å². The lowest BCUT2D eigenvalue weighted by atomic mass is 10.0. The molecule has 6 nitrogen and oxygen atoms in total. The Bertz CT molecular complexity index is 1380. The van der Waals surface area contributed by atoms with Crippen molar-refractivity contribution in [3.63, 3.8) is 0 Å². The van der Waals surface area contributed by atoms with E-state index in [0.29, 0.717) is 19.3 Å². The van der Waals surface area contributed by atoms with E-state index >= 15 is 0 Å². The van der Waals surface area contributed by atoms with Crippen molar-refractivity contribution >= 4 is 17.9 Å². The van der Waals surface area contributed by atoms with Crippen LogP contribution in [0.2, 0.25) is 0 Å². The normalized spacial score (nSPS) is 12.2. The molecule has 6 heteroatoms. The van der Waals surface area contributed by atoms with Crippen LogP contribution in [-0.4, -0.2) is 37.2 Å². The predicted molar refractivity (Wildman–Crippen MR) is 362 cm³/mol. The van der Waals surface area contributed by atoms with Gasteiger partial charge in [-0.3, -0.25) is 14.4 Å². The van der Waals surface area contributed by atoms with Crippen molar-refractivity contribution in [2.45, 2.75) is 425 Å². The third-order valence-corrected chi connectivity index (χ3v) is 17.1. The zero-order chi connectivity index (χ0) is 59.9. The van der Waals surface area contributed by atoms with Crippen molar-refractivity contribution in [1.29, 1.82) is 0 Å². The molecule has 0 amide bonds. The topological polar surface area (TPSA) is 78.9 Å². The van der Waals surface area contributed by atoms with Gasteiger partial charge in [0.15, 0.2) is 6.10 Å². The van der Waals surface area contributed by atoms with Crippen LogP contribution in [0.15, 0.2) is 36.5 Å². The van der Waals surface area contributed by atoms with Crippen LogP contribution in [0.25, 0.3) is 0 Å². The number of carbonyl (C=O) groups excluding carboxylic acids is 3. The molecular weight excluding hydrogens is 1020 g/mol. The number of rotatable bonds is 70. The van der Waals surface area contributed by atoms with Gasteiger partial charge in [-0.05, 0) is 77.0 Å². The van der Waals surface area contributed by atoms with Gasteiger partial charge in [0.05, 0.1) is 0 Å². The summed E-state index contributed by atoms with van der Waals surface area (Å²) >= 11 is 0. The lowest BCUT2D eigenvalue weighted by Gasteiger charge is -2.18. The minimum atomic E-state index is -0.777. The van der Waals surface area contributed by atoms with Crippen LogP contribution < -0.4 is 0 Å². The van der Waals surface area contributed by atoms with Gasteiger partial charge in [0, 0.05) is 19.3 Å². The van der Waals surface area contributed by atoms with Gasteiger partial charge in [0.1, 0.15) is 13.2 Å². The molecule has 0 rings (SSSR count). The molecule has 0 saturated carbocycles. The summed E-state index contributed by atoms with van der Waals surface area (Å²) in [5.74, 6) is -0.858. The number of esters is 3. The molecule has 488 valence electrons. The minimum Gasteiger partial charge on any atom is -0.462 e. The molecule has 0 bridgehead atoms. The van der Waals surface area contributed by atoms with Crippen molar-refractivity contribution in [2.24, 2.45) is 0 Å². The van der Waals surface area contributed by atoms with Crippen LogP contribution in [0, 0.1) is 0 Å². The highest BCUT2D eigenvalue weighted by Crippen LogP contribution is 2.19. The fourth-order valence-corrected chi connectivity index (χ4v) is 11.5. The van der Waals surface area contributed by atoms with Gasteiger partial charge in [-0.2, -0.15) is 0 Å². The molecule has 0 aromatic heterocycles. The van der Waals surface area contributed by atoms with Crippen LogP contribution in [0.1, 0.15) is 419 Å². The van der Waals surface area contributed by atoms with Crippen LogP contribution >= 0.6 is 0 Å². The molecule has 0 saturated heterocycles. The summed E-state index contributed by atoms with van der Waals surface area (Å²) in [7, 11) is 0. The highest BCUT2D eigenvalue weighted by molar-refractivity contribution is 5.71. The van der Waals surface area contributed by atoms with E-state index in [4.69, 9.17) is 14.2 Å². The fraction of sp³-hybridized carbons (Fsp3) is 0.883. The van der Waals surface area contributed by atoms with Gasteiger partial charge in [-0.1, -0.05) is 359 Å². The highest BCUT2D eigenvalue weighted by Gasteiger charge is 2.20.